The summed E-state index contributed by atoms with van der Waals surface area (Å²) in [5.41, 5.74) is 9.34. The molecule has 3 aromatic rings. The zero-order valence-corrected chi connectivity index (χ0v) is 18.8. The van der Waals surface area contributed by atoms with E-state index >= 15 is 0 Å². The fourth-order valence-electron chi connectivity index (χ4n) is 4.31. The van der Waals surface area contributed by atoms with Crippen molar-refractivity contribution in [2.45, 2.75) is 39.0 Å². The van der Waals surface area contributed by atoms with Gasteiger partial charge >= 0.3 is 0 Å². The van der Waals surface area contributed by atoms with E-state index < -0.39 is 5.41 Å². The molecule has 166 valence electrons. The van der Waals surface area contributed by atoms with Crippen LogP contribution >= 0.6 is 0 Å². The molecule has 2 aromatic heterocycles. The molecule has 7 nitrogen and oxygen atoms in total. The number of hydrogen-bond donors (Lipinski definition) is 2. The van der Waals surface area contributed by atoms with Gasteiger partial charge < -0.3 is 10.6 Å². The molecular formula is C25H29N5O2. The minimum absolute atomic E-state index is 0.135. The lowest BCUT2D eigenvalue weighted by molar-refractivity contribution is -0.126. The Morgan fingerprint density at radius 2 is 1.88 bits per heavy atom. The van der Waals surface area contributed by atoms with Crippen LogP contribution in [-0.2, 0) is 16.6 Å². The van der Waals surface area contributed by atoms with Crippen LogP contribution in [0.3, 0.4) is 0 Å². The van der Waals surface area contributed by atoms with Gasteiger partial charge in [-0.25, -0.2) is 0 Å². The van der Waals surface area contributed by atoms with Gasteiger partial charge in [0, 0.05) is 36.6 Å². The summed E-state index contributed by atoms with van der Waals surface area (Å²) in [4.78, 5) is 31.6. The fraction of sp³-hybridized carbons (Fsp3) is 0.360. The molecule has 0 radical (unpaired) electrons. The van der Waals surface area contributed by atoms with Crippen molar-refractivity contribution in [1.82, 2.24) is 20.1 Å². The summed E-state index contributed by atoms with van der Waals surface area (Å²) in [6.45, 7) is 6.93. The molecule has 3 N–H and O–H groups in total. The van der Waals surface area contributed by atoms with Crippen molar-refractivity contribution < 1.29 is 9.59 Å². The molecule has 0 bridgehead atoms. The summed E-state index contributed by atoms with van der Waals surface area (Å²) >= 11 is 0. The number of pyridine rings is 1. The highest BCUT2D eigenvalue weighted by atomic mass is 16.2. The summed E-state index contributed by atoms with van der Waals surface area (Å²) in [5.74, 6) is -0.558. The number of nitrogens with one attached hydrogen (secondary N) is 1. The van der Waals surface area contributed by atoms with Gasteiger partial charge in [-0.3, -0.25) is 19.7 Å². The van der Waals surface area contributed by atoms with E-state index in [4.69, 9.17) is 5.73 Å². The Morgan fingerprint density at radius 3 is 2.53 bits per heavy atom. The third-order valence-corrected chi connectivity index (χ3v) is 6.31. The number of carbonyl (C=O) groups excluding carboxylic acids is 2. The maximum atomic E-state index is 13.1. The molecule has 1 aromatic carbocycles. The molecule has 0 spiro atoms. The molecule has 0 aliphatic carbocycles. The molecule has 0 saturated carbocycles. The van der Waals surface area contributed by atoms with Crippen LogP contribution < -0.4 is 5.73 Å². The van der Waals surface area contributed by atoms with Crippen LogP contribution in [0.25, 0.3) is 11.1 Å². The van der Waals surface area contributed by atoms with Crippen LogP contribution in [0.1, 0.15) is 48.9 Å². The van der Waals surface area contributed by atoms with Crippen LogP contribution in [0.15, 0.2) is 54.9 Å². The standard InChI is InChI=1S/C25H29N5O2/c1-24(2,3)21-14-20(28-29-21)22(31)30-13-10-25(16-30,23(26)32)15-18-6-4-5-7-19(18)17-8-11-27-12-9-17/h4-9,11-12,14H,10,13,15-16H2,1-3H3,(H2,26,32)(H,28,29)/t25-/m1/s1. The minimum Gasteiger partial charge on any atom is -0.369 e. The highest BCUT2D eigenvalue weighted by Gasteiger charge is 2.45. The summed E-state index contributed by atoms with van der Waals surface area (Å²) < 4.78 is 0. The van der Waals surface area contributed by atoms with Crippen LogP contribution in [0.4, 0.5) is 0 Å². The number of primary amides is 1. The normalized spacial score (nSPS) is 18.7. The molecule has 1 aliphatic heterocycles. The van der Waals surface area contributed by atoms with E-state index in [2.05, 4.69) is 36.0 Å². The number of aromatic nitrogens is 3. The number of nitrogens with zero attached hydrogens (tertiary/aromatic N) is 3. The second-order valence-electron chi connectivity index (χ2n) is 9.61. The van der Waals surface area contributed by atoms with Crippen LogP contribution in [0, 0.1) is 5.41 Å². The number of aromatic amines is 1. The summed E-state index contributed by atoms with van der Waals surface area (Å²) in [7, 11) is 0. The molecule has 7 heteroatoms. The second-order valence-corrected chi connectivity index (χ2v) is 9.61. The van der Waals surface area contributed by atoms with Gasteiger partial charge in [-0.15, -0.1) is 0 Å². The Hall–Kier alpha value is -3.48. The fourth-order valence-corrected chi connectivity index (χ4v) is 4.31. The number of amides is 2. The Balaban J connectivity index is 1.59. The van der Waals surface area contributed by atoms with E-state index in [0.717, 1.165) is 22.4 Å². The molecule has 1 fully saturated rings. The summed E-state index contributed by atoms with van der Waals surface area (Å²) in [5, 5.41) is 7.18. The zero-order chi connectivity index (χ0) is 22.9. The molecular weight excluding hydrogens is 402 g/mol. The largest absolute Gasteiger partial charge is 0.369 e. The van der Waals surface area contributed by atoms with E-state index in [1.165, 1.54) is 0 Å². The molecule has 32 heavy (non-hydrogen) atoms. The number of hydrogen-bond acceptors (Lipinski definition) is 4. The van der Waals surface area contributed by atoms with Gasteiger partial charge in [0.15, 0.2) is 0 Å². The van der Waals surface area contributed by atoms with Gasteiger partial charge in [-0.2, -0.15) is 5.10 Å². The average Bonchev–Trinajstić information content (AvgIpc) is 3.43. The van der Waals surface area contributed by atoms with Crippen molar-refractivity contribution in [2.75, 3.05) is 13.1 Å². The first-order chi connectivity index (χ1) is 15.2. The molecule has 1 aliphatic rings. The third-order valence-electron chi connectivity index (χ3n) is 6.31. The van der Waals surface area contributed by atoms with Gasteiger partial charge in [0.2, 0.25) is 5.91 Å². The first kappa shape index (κ1) is 21.7. The van der Waals surface area contributed by atoms with Crippen LogP contribution in [0.5, 0.6) is 0 Å². The molecule has 0 unspecified atom stereocenters. The average molecular weight is 432 g/mol. The smallest absolute Gasteiger partial charge is 0.274 e. The molecule has 1 saturated heterocycles. The lowest BCUT2D eigenvalue weighted by Crippen LogP contribution is -2.42. The number of likely N-dealkylation sites (tertiary alicyclic amines) is 1. The maximum Gasteiger partial charge on any atom is 0.274 e. The quantitative estimate of drug-likeness (QED) is 0.646. The van der Waals surface area contributed by atoms with Crippen molar-refractivity contribution in [3.63, 3.8) is 0 Å². The molecule has 2 amide bonds. The minimum atomic E-state index is -0.818. The Bertz CT molecular complexity index is 1130. The van der Waals surface area contributed by atoms with Crippen LogP contribution in [0.2, 0.25) is 0 Å². The predicted molar refractivity (Wildman–Crippen MR) is 123 cm³/mol. The van der Waals surface area contributed by atoms with Crippen molar-refractivity contribution in [3.05, 3.63) is 71.8 Å². The number of nitrogens with two attached hydrogens (primary N) is 1. The lowest BCUT2D eigenvalue weighted by atomic mass is 9.78. The van der Waals surface area contributed by atoms with Gasteiger partial charge in [0.05, 0.1) is 5.41 Å². The molecule has 1 atom stereocenters. The first-order valence-corrected chi connectivity index (χ1v) is 10.8. The number of rotatable bonds is 5. The van der Waals surface area contributed by atoms with E-state index in [1.807, 2.05) is 36.4 Å². The topological polar surface area (TPSA) is 105 Å². The third kappa shape index (κ3) is 4.15. The first-order valence-electron chi connectivity index (χ1n) is 10.8. The Kier molecular flexibility index (Phi) is 5.59. The number of carbonyl (C=O) groups is 2. The Labute approximate surface area is 188 Å². The van der Waals surface area contributed by atoms with Gasteiger partial charge in [0.25, 0.3) is 5.91 Å². The van der Waals surface area contributed by atoms with Gasteiger partial charge in [-0.05, 0) is 47.7 Å². The van der Waals surface area contributed by atoms with Crippen LogP contribution in [-0.4, -0.2) is 45.0 Å². The molecule has 3 heterocycles. The predicted octanol–water partition coefficient (Wildman–Crippen LogP) is 3.33. The van der Waals surface area contributed by atoms with Crippen molar-refractivity contribution in [2.24, 2.45) is 11.1 Å². The van der Waals surface area contributed by atoms with E-state index in [1.54, 1.807) is 23.4 Å². The number of H-pyrrole nitrogens is 1. The summed E-state index contributed by atoms with van der Waals surface area (Å²) in [6.07, 6.45) is 4.50. The van der Waals surface area contributed by atoms with Gasteiger partial charge in [-0.1, -0.05) is 45.0 Å². The summed E-state index contributed by atoms with van der Waals surface area (Å²) in [6, 6.07) is 13.7. The van der Waals surface area contributed by atoms with Crippen molar-refractivity contribution in [1.29, 1.82) is 0 Å². The monoisotopic (exact) mass is 431 g/mol. The van der Waals surface area contributed by atoms with E-state index in [9.17, 15) is 9.59 Å². The van der Waals surface area contributed by atoms with Crippen molar-refractivity contribution >= 4 is 11.8 Å². The SMILES string of the molecule is CC(C)(C)c1cc(C(=O)N2CC[C@](Cc3ccccc3-c3ccncc3)(C(N)=O)C2)n[nH]1. The zero-order valence-electron chi connectivity index (χ0n) is 18.8. The van der Waals surface area contributed by atoms with Crippen molar-refractivity contribution in [3.8, 4) is 11.1 Å². The maximum absolute atomic E-state index is 13.1. The highest BCUT2D eigenvalue weighted by Crippen LogP contribution is 2.37. The number of benzene rings is 1. The van der Waals surface area contributed by atoms with E-state index in [0.29, 0.717) is 25.1 Å². The highest BCUT2D eigenvalue weighted by molar-refractivity contribution is 5.94. The Morgan fingerprint density at radius 1 is 1.16 bits per heavy atom. The second kappa shape index (κ2) is 8.22. The lowest BCUT2D eigenvalue weighted by Gasteiger charge is -2.27. The van der Waals surface area contributed by atoms with Gasteiger partial charge in [0.1, 0.15) is 5.69 Å². The molecule has 4 rings (SSSR count). The van der Waals surface area contributed by atoms with E-state index in [-0.39, 0.29) is 23.8 Å².